The fourth-order valence-corrected chi connectivity index (χ4v) is 0.579. The van der Waals surface area contributed by atoms with Gasteiger partial charge in [0.05, 0.1) is 6.61 Å². The Kier molecular flexibility index (Phi) is 4.52. The lowest BCUT2D eigenvalue weighted by molar-refractivity contribution is -0.139. The lowest BCUT2D eigenvalue weighted by Gasteiger charge is -2.09. The van der Waals surface area contributed by atoms with Crippen LogP contribution in [0, 0.1) is 0 Å². The average Bonchev–Trinajstić information content (AvgIpc) is 1.98. The number of alkyl halides is 5. The van der Waals surface area contributed by atoms with Crippen LogP contribution in [0.4, 0.5) is 22.0 Å². The number of halogens is 5. The fourth-order valence-electron chi connectivity index (χ4n) is 0.579. The standard InChI is InChI=1S/C7H7F5O2/c1-2-14-5(13)3-4(6(8)9)7(10,11)12/h3,6H,2H2,1H3/b4-3+. The molecule has 0 aliphatic rings. The van der Waals surface area contributed by atoms with Crippen molar-refractivity contribution in [3.63, 3.8) is 0 Å². The normalized spacial score (nSPS) is 13.2. The van der Waals surface area contributed by atoms with Gasteiger partial charge in [-0.1, -0.05) is 0 Å². The van der Waals surface area contributed by atoms with Crippen molar-refractivity contribution < 1.29 is 31.5 Å². The van der Waals surface area contributed by atoms with Gasteiger partial charge in [-0.25, -0.2) is 13.6 Å². The third-order valence-corrected chi connectivity index (χ3v) is 1.12. The highest BCUT2D eigenvalue weighted by Gasteiger charge is 2.40. The summed E-state index contributed by atoms with van der Waals surface area (Å²) in [6.45, 7) is 1.17. The van der Waals surface area contributed by atoms with Crippen molar-refractivity contribution in [3.05, 3.63) is 11.6 Å². The maximum Gasteiger partial charge on any atom is 0.418 e. The van der Waals surface area contributed by atoms with E-state index in [1.54, 1.807) is 0 Å². The van der Waals surface area contributed by atoms with Crippen molar-refractivity contribution >= 4 is 5.97 Å². The van der Waals surface area contributed by atoms with Crippen molar-refractivity contribution in [1.29, 1.82) is 0 Å². The Balaban J connectivity index is 4.75. The van der Waals surface area contributed by atoms with Crippen LogP contribution < -0.4 is 0 Å². The van der Waals surface area contributed by atoms with Crippen LogP contribution in [0.3, 0.4) is 0 Å². The number of ether oxygens (including phenoxy) is 1. The van der Waals surface area contributed by atoms with Crippen molar-refractivity contribution in [3.8, 4) is 0 Å². The molecular weight excluding hydrogens is 211 g/mol. The van der Waals surface area contributed by atoms with Crippen LogP contribution in [0.5, 0.6) is 0 Å². The number of rotatable bonds is 3. The van der Waals surface area contributed by atoms with Gasteiger partial charge in [0.15, 0.2) is 0 Å². The largest absolute Gasteiger partial charge is 0.463 e. The molecule has 0 saturated carbocycles. The SMILES string of the molecule is CCOC(=O)/C=C(\C(F)F)C(F)(F)F. The van der Waals surface area contributed by atoms with Crippen LogP contribution >= 0.6 is 0 Å². The minimum Gasteiger partial charge on any atom is -0.463 e. The molecule has 0 rings (SSSR count). The Morgan fingerprint density at radius 3 is 2.21 bits per heavy atom. The van der Waals surface area contributed by atoms with E-state index >= 15 is 0 Å². The number of allylic oxidation sites excluding steroid dienone is 1. The van der Waals surface area contributed by atoms with Crippen molar-refractivity contribution in [2.24, 2.45) is 0 Å². The summed E-state index contributed by atoms with van der Waals surface area (Å²) in [5, 5.41) is 0. The summed E-state index contributed by atoms with van der Waals surface area (Å²) in [6, 6.07) is 0. The highest BCUT2D eigenvalue weighted by Crippen LogP contribution is 2.30. The van der Waals surface area contributed by atoms with E-state index in [-0.39, 0.29) is 12.7 Å². The highest BCUT2D eigenvalue weighted by atomic mass is 19.4. The van der Waals surface area contributed by atoms with E-state index in [1.807, 2.05) is 0 Å². The molecule has 0 aliphatic carbocycles. The molecule has 0 spiro atoms. The lowest BCUT2D eigenvalue weighted by Crippen LogP contribution is -2.20. The van der Waals surface area contributed by atoms with Gasteiger partial charge in [-0.2, -0.15) is 13.2 Å². The molecule has 7 heteroatoms. The third kappa shape index (κ3) is 4.20. The minimum atomic E-state index is -5.22. The molecule has 0 fully saturated rings. The summed E-state index contributed by atoms with van der Waals surface area (Å²) in [6.07, 6.45) is -9.21. The van der Waals surface area contributed by atoms with Crippen LogP contribution in [0.1, 0.15) is 6.92 Å². The zero-order chi connectivity index (χ0) is 11.4. The molecule has 0 heterocycles. The second-order valence-electron chi connectivity index (χ2n) is 2.15. The van der Waals surface area contributed by atoms with Gasteiger partial charge in [-0.3, -0.25) is 0 Å². The van der Waals surface area contributed by atoms with Crippen LogP contribution in [0.2, 0.25) is 0 Å². The molecule has 0 atom stereocenters. The van der Waals surface area contributed by atoms with Crippen LogP contribution in [-0.2, 0) is 9.53 Å². The van der Waals surface area contributed by atoms with E-state index in [9.17, 15) is 26.7 Å². The quantitative estimate of drug-likeness (QED) is 0.412. The molecule has 0 aromatic carbocycles. The number of carbonyl (C=O) groups excluding carboxylic acids is 1. The summed E-state index contributed by atoms with van der Waals surface area (Å²) in [7, 11) is 0. The van der Waals surface area contributed by atoms with E-state index in [1.165, 1.54) is 6.92 Å². The number of esters is 1. The smallest absolute Gasteiger partial charge is 0.418 e. The molecule has 0 N–H and O–H groups in total. The Morgan fingerprint density at radius 1 is 1.43 bits per heavy atom. The first-order valence-corrected chi connectivity index (χ1v) is 3.52. The van der Waals surface area contributed by atoms with Gasteiger partial charge in [-0.05, 0) is 6.92 Å². The average molecular weight is 218 g/mol. The summed E-state index contributed by atoms with van der Waals surface area (Å²) in [5.74, 6) is -1.43. The van der Waals surface area contributed by atoms with E-state index in [4.69, 9.17) is 0 Å². The van der Waals surface area contributed by atoms with Gasteiger partial charge in [0.1, 0.15) is 5.57 Å². The second kappa shape index (κ2) is 4.92. The molecule has 0 aromatic heterocycles. The van der Waals surface area contributed by atoms with Crippen LogP contribution in [0.15, 0.2) is 11.6 Å². The minimum absolute atomic E-state index is 0.177. The summed E-state index contributed by atoms with van der Waals surface area (Å²) >= 11 is 0. The van der Waals surface area contributed by atoms with E-state index in [0.29, 0.717) is 0 Å². The summed E-state index contributed by atoms with van der Waals surface area (Å²) in [4.78, 5) is 10.5. The molecule has 0 amide bonds. The number of carbonyl (C=O) groups is 1. The van der Waals surface area contributed by atoms with Gasteiger partial charge < -0.3 is 4.74 Å². The van der Waals surface area contributed by atoms with E-state index < -0.39 is 24.1 Å². The second-order valence-corrected chi connectivity index (χ2v) is 2.15. The Labute approximate surface area is 76.3 Å². The highest BCUT2D eigenvalue weighted by molar-refractivity contribution is 5.83. The molecule has 0 aromatic rings. The topological polar surface area (TPSA) is 26.3 Å². The Morgan fingerprint density at radius 2 is 1.93 bits per heavy atom. The van der Waals surface area contributed by atoms with Gasteiger partial charge in [0, 0.05) is 6.08 Å². The monoisotopic (exact) mass is 218 g/mol. The predicted octanol–water partition coefficient (Wildman–Crippen LogP) is 2.30. The maximum absolute atomic E-state index is 11.8. The van der Waals surface area contributed by atoms with Gasteiger partial charge >= 0.3 is 12.1 Å². The van der Waals surface area contributed by atoms with E-state index in [0.717, 1.165) is 0 Å². The molecule has 0 radical (unpaired) electrons. The Bertz CT molecular complexity index is 231. The Hall–Kier alpha value is -1.14. The molecule has 0 saturated heterocycles. The molecule has 2 nitrogen and oxygen atoms in total. The molecule has 0 unspecified atom stereocenters. The lowest BCUT2D eigenvalue weighted by atomic mass is 10.2. The van der Waals surface area contributed by atoms with Crippen LogP contribution in [-0.4, -0.2) is 25.2 Å². The first kappa shape index (κ1) is 12.9. The van der Waals surface area contributed by atoms with Gasteiger partial charge in [0.2, 0.25) is 0 Å². The molecule has 0 aliphatic heterocycles. The zero-order valence-corrected chi connectivity index (χ0v) is 7.07. The number of hydrogen-bond donors (Lipinski definition) is 0. The summed E-state index contributed by atoms with van der Waals surface area (Å²) < 4.78 is 63.1. The summed E-state index contributed by atoms with van der Waals surface area (Å²) in [5.41, 5.74) is -2.20. The van der Waals surface area contributed by atoms with Crippen molar-refractivity contribution in [2.45, 2.75) is 19.5 Å². The first-order valence-electron chi connectivity index (χ1n) is 3.52. The van der Waals surface area contributed by atoms with Gasteiger partial charge in [0.25, 0.3) is 6.43 Å². The van der Waals surface area contributed by atoms with Crippen molar-refractivity contribution in [2.75, 3.05) is 6.61 Å². The zero-order valence-electron chi connectivity index (χ0n) is 7.07. The third-order valence-electron chi connectivity index (χ3n) is 1.12. The molecular formula is C7H7F5O2. The molecule has 0 bridgehead atoms. The molecule has 14 heavy (non-hydrogen) atoms. The fraction of sp³-hybridized carbons (Fsp3) is 0.571. The number of hydrogen-bond acceptors (Lipinski definition) is 2. The van der Waals surface area contributed by atoms with Gasteiger partial charge in [-0.15, -0.1) is 0 Å². The molecule has 82 valence electrons. The van der Waals surface area contributed by atoms with Crippen LogP contribution in [0.25, 0.3) is 0 Å². The first-order chi connectivity index (χ1) is 6.29. The maximum atomic E-state index is 11.8. The van der Waals surface area contributed by atoms with Crippen molar-refractivity contribution in [1.82, 2.24) is 0 Å². The van der Waals surface area contributed by atoms with E-state index in [2.05, 4.69) is 4.74 Å². The predicted molar refractivity (Wildman–Crippen MR) is 36.8 cm³/mol.